The Morgan fingerprint density at radius 2 is 1.60 bits per heavy atom. The average Bonchev–Trinajstić information content (AvgIpc) is 2.18. The van der Waals surface area contributed by atoms with Gasteiger partial charge in [-0.05, 0) is 12.8 Å². The monoisotopic (exact) mass is 215 g/mol. The normalized spacial score (nSPS) is 9.73. The minimum absolute atomic E-state index is 0.00458. The van der Waals surface area contributed by atoms with Gasteiger partial charge >= 0.3 is 5.97 Å². The van der Waals surface area contributed by atoms with E-state index >= 15 is 0 Å². The van der Waals surface area contributed by atoms with Crippen molar-refractivity contribution in [3.8, 4) is 0 Å². The van der Waals surface area contributed by atoms with Crippen LogP contribution in [0.3, 0.4) is 0 Å². The highest BCUT2D eigenvalue weighted by atomic mass is 16.5. The van der Waals surface area contributed by atoms with Crippen LogP contribution in [0.2, 0.25) is 0 Å². The lowest BCUT2D eigenvalue weighted by Crippen LogP contribution is -2.14. The van der Waals surface area contributed by atoms with Gasteiger partial charge in [0, 0.05) is 0 Å². The summed E-state index contributed by atoms with van der Waals surface area (Å²) in [5.74, 6) is -0.366. The Hall–Kier alpha value is -1.06. The number of nitrogens with one attached hydrogen (secondary N) is 1. The molecule has 0 fully saturated rings. The Bertz CT molecular complexity index is 172. The van der Waals surface area contributed by atoms with Gasteiger partial charge in [-0.15, -0.1) is 0 Å². The molecule has 0 atom stereocenters. The van der Waals surface area contributed by atoms with Crippen molar-refractivity contribution in [2.75, 3.05) is 13.2 Å². The molecule has 4 nitrogen and oxygen atoms in total. The van der Waals surface area contributed by atoms with Crippen LogP contribution in [-0.2, 0) is 14.3 Å². The second kappa shape index (κ2) is 9.49. The molecule has 0 aliphatic rings. The van der Waals surface area contributed by atoms with Gasteiger partial charge in [-0.1, -0.05) is 26.7 Å². The zero-order valence-electron chi connectivity index (χ0n) is 9.67. The quantitative estimate of drug-likeness (QED) is 0.293. The van der Waals surface area contributed by atoms with Crippen molar-refractivity contribution < 1.29 is 14.3 Å². The molecule has 0 aliphatic carbocycles. The summed E-state index contributed by atoms with van der Waals surface area (Å²) >= 11 is 0. The molecule has 0 amide bonds. The average molecular weight is 215 g/mol. The van der Waals surface area contributed by atoms with Gasteiger partial charge in [-0.2, -0.15) is 0 Å². The Labute approximate surface area is 91.5 Å². The van der Waals surface area contributed by atoms with Crippen molar-refractivity contribution in [1.82, 2.24) is 0 Å². The predicted octanol–water partition coefficient (Wildman–Crippen LogP) is 2.51. The van der Waals surface area contributed by atoms with E-state index in [1.807, 2.05) is 13.8 Å². The summed E-state index contributed by atoms with van der Waals surface area (Å²) in [6.07, 6.45) is 3.75. The topological polar surface area (TPSA) is 59.4 Å². The number of hydrogen-bond acceptors (Lipinski definition) is 4. The number of esters is 1. The van der Waals surface area contributed by atoms with E-state index in [-0.39, 0.29) is 18.3 Å². The number of hydrogen-bond donors (Lipinski definition) is 1. The van der Waals surface area contributed by atoms with Crippen LogP contribution in [0.15, 0.2) is 0 Å². The summed E-state index contributed by atoms with van der Waals surface area (Å²) in [6.45, 7) is 5.03. The van der Waals surface area contributed by atoms with Crippen molar-refractivity contribution in [2.45, 2.75) is 46.0 Å². The molecule has 15 heavy (non-hydrogen) atoms. The summed E-state index contributed by atoms with van der Waals surface area (Å²) in [6, 6.07) is 0. The highest BCUT2D eigenvalue weighted by Gasteiger charge is 2.07. The van der Waals surface area contributed by atoms with Crippen molar-refractivity contribution >= 4 is 11.9 Å². The van der Waals surface area contributed by atoms with Crippen LogP contribution in [0.5, 0.6) is 0 Å². The molecule has 0 bridgehead atoms. The molecule has 0 aromatic heterocycles. The Morgan fingerprint density at radius 3 is 2.13 bits per heavy atom. The van der Waals surface area contributed by atoms with Gasteiger partial charge in [0.1, 0.15) is 6.42 Å². The lowest BCUT2D eigenvalue weighted by Gasteiger charge is -2.06. The molecule has 0 heterocycles. The second-order valence-corrected chi connectivity index (χ2v) is 3.38. The maximum Gasteiger partial charge on any atom is 0.315 e. The van der Waals surface area contributed by atoms with Crippen LogP contribution >= 0.6 is 0 Å². The fourth-order valence-electron chi connectivity index (χ4n) is 0.903. The Balaban J connectivity index is 3.45. The Kier molecular flexibility index (Phi) is 8.82. The van der Waals surface area contributed by atoms with E-state index in [0.29, 0.717) is 13.2 Å². The van der Waals surface area contributed by atoms with Crippen molar-refractivity contribution in [1.29, 1.82) is 5.41 Å². The molecule has 0 saturated heterocycles. The molecular weight excluding hydrogens is 194 g/mol. The number of carbonyl (C=O) groups excluding carboxylic acids is 1. The first-order valence-electron chi connectivity index (χ1n) is 5.56. The zero-order chi connectivity index (χ0) is 11.5. The van der Waals surface area contributed by atoms with Crippen molar-refractivity contribution in [2.24, 2.45) is 0 Å². The summed E-state index contributed by atoms with van der Waals surface area (Å²) in [4.78, 5) is 11.1. The molecule has 0 radical (unpaired) electrons. The van der Waals surface area contributed by atoms with Crippen LogP contribution in [0.25, 0.3) is 0 Å². The van der Waals surface area contributed by atoms with E-state index in [2.05, 4.69) is 0 Å². The van der Waals surface area contributed by atoms with Crippen LogP contribution in [0.1, 0.15) is 46.0 Å². The summed E-state index contributed by atoms with van der Waals surface area (Å²) < 4.78 is 9.94. The fourth-order valence-corrected chi connectivity index (χ4v) is 0.903. The fraction of sp³-hybridized carbons (Fsp3) is 0.818. The van der Waals surface area contributed by atoms with Gasteiger partial charge < -0.3 is 9.47 Å². The summed E-state index contributed by atoms with van der Waals surface area (Å²) in [7, 11) is 0. The van der Waals surface area contributed by atoms with Crippen LogP contribution < -0.4 is 0 Å². The first-order valence-corrected chi connectivity index (χ1v) is 5.56. The highest BCUT2D eigenvalue weighted by molar-refractivity contribution is 5.92. The smallest absolute Gasteiger partial charge is 0.315 e. The van der Waals surface area contributed by atoms with Gasteiger partial charge in [-0.3, -0.25) is 10.2 Å². The van der Waals surface area contributed by atoms with Gasteiger partial charge in [0.25, 0.3) is 0 Å². The maximum atomic E-state index is 11.1. The van der Waals surface area contributed by atoms with Gasteiger partial charge in [0.2, 0.25) is 0 Å². The largest absolute Gasteiger partial charge is 0.481 e. The summed E-state index contributed by atoms with van der Waals surface area (Å²) in [5.41, 5.74) is 0. The minimum atomic E-state index is -0.370. The Morgan fingerprint density at radius 1 is 1.07 bits per heavy atom. The van der Waals surface area contributed by atoms with E-state index in [1.165, 1.54) is 0 Å². The van der Waals surface area contributed by atoms with Crippen molar-refractivity contribution in [3.05, 3.63) is 0 Å². The number of ether oxygens (including phenoxy) is 2. The highest BCUT2D eigenvalue weighted by Crippen LogP contribution is 1.96. The van der Waals surface area contributed by atoms with E-state index in [0.717, 1.165) is 25.7 Å². The van der Waals surface area contributed by atoms with Crippen LogP contribution in [0.4, 0.5) is 0 Å². The minimum Gasteiger partial charge on any atom is -0.481 e. The standard InChI is InChI=1S/C11H21NO3/c1-3-5-7-14-10(12)9-11(13)15-8-6-4-2/h12H,3-9H2,1-2H3. The lowest BCUT2D eigenvalue weighted by molar-refractivity contribution is -0.142. The number of unbranched alkanes of at least 4 members (excludes halogenated alkanes) is 2. The molecule has 0 aromatic carbocycles. The number of rotatable bonds is 8. The van der Waals surface area contributed by atoms with E-state index in [9.17, 15) is 4.79 Å². The molecule has 4 heteroatoms. The molecule has 0 aromatic rings. The maximum absolute atomic E-state index is 11.1. The van der Waals surface area contributed by atoms with E-state index < -0.39 is 0 Å². The molecular formula is C11H21NO3. The second-order valence-electron chi connectivity index (χ2n) is 3.38. The third kappa shape index (κ3) is 9.25. The number of carbonyl (C=O) groups is 1. The van der Waals surface area contributed by atoms with Gasteiger partial charge in [0.05, 0.1) is 13.2 Å². The predicted molar refractivity (Wildman–Crippen MR) is 59.1 cm³/mol. The molecule has 0 unspecified atom stereocenters. The summed E-state index contributed by atoms with van der Waals surface area (Å²) in [5, 5.41) is 7.35. The molecule has 1 N–H and O–H groups in total. The van der Waals surface area contributed by atoms with Crippen LogP contribution in [-0.4, -0.2) is 25.1 Å². The first-order chi connectivity index (χ1) is 7.20. The lowest BCUT2D eigenvalue weighted by atomic mass is 10.3. The van der Waals surface area contributed by atoms with Gasteiger partial charge in [-0.25, -0.2) is 0 Å². The van der Waals surface area contributed by atoms with Crippen molar-refractivity contribution in [3.63, 3.8) is 0 Å². The molecule has 88 valence electrons. The van der Waals surface area contributed by atoms with Crippen LogP contribution in [0, 0.1) is 5.41 Å². The molecule has 0 rings (SSSR count). The third-order valence-electron chi connectivity index (χ3n) is 1.84. The first kappa shape index (κ1) is 13.9. The SMILES string of the molecule is CCCCOC(=N)CC(=O)OCCCC. The van der Waals surface area contributed by atoms with Gasteiger partial charge in [0.15, 0.2) is 5.90 Å². The molecule has 0 saturated carbocycles. The zero-order valence-corrected chi connectivity index (χ0v) is 9.67. The molecule has 0 spiro atoms. The van der Waals surface area contributed by atoms with E-state index in [4.69, 9.17) is 14.9 Å². The third-order valence-corrected chi connectivity index (χ3v) is 1.84. The van der Waals surface area contributed by atoms with E-state index in [1.54, 1.807) is 0 Å². The molecule has 0 aliphatic heterocycles.